The van der Waals surface area contributed by atoms with Gasteiger partial charge in [-0.05, 0) is 24.5 Å². The van der Waals surface area contributed by atoms with E-state index in [1.165, 1.54) is 5.56 Å². The van der Waals surface area contributed by atoms with Crippen LogP contribution in [0.4, 0.5) is 0 Å². The van der Waals surface area contributed by atoms with E-state index < -0.39 is 0 Å². The number of hydrogen-bond acceptors (Lipinski definition) is 1. The molecule has 1 aromatic carbocycles. The van der Waals surface area contributed by atoms with Gasteiger partial charge in [0.1, 0.15) is 0 Å². The standard InChI is InChI=1S/C11H15O/c1-2-9-12-10-8-11-6-4-3-5-7-11/h3-6H,2,8-10H2,1H3. The summed E-state index contributed by atoms with van der Waals surface area (Å²) < 4.78 is 5.37. The molecule has 1 radical (unpaired) electrons. The van der Waals surface area contributed by atoms with Crippen LogP contribution in [0.25, 0.3) is 0 Å². The maximum atomic E-state index is 5.37. The first kappa shape index (κ1) is 9.27. The molecule has 1 heteroatoms. The van der Waals surface area contributed by atoms with Crippen LogP contribution in [0, 0.1) is 6.07 Å². The van der Waals surface area contributed by atoms with Crippen LogP contribution in [0.2, 0.25) is 0 Å². The lowest BCUT2D eigenvalue weighted by molar-refractivity contribution is 0.138. The van der Waals surface area contributed by atoms with E-state index >= 15 is 0 Å². The molecule has 0 aliphatic carbocycles. The summed E-state index contributed by atoms with van der Waals surface area (Å²) in [6.07, 6.45) is 2.07. The fourth-order valence-corrected chi connectivity index (χ4v) is 1.01. The molecular weight excluding hydrogens is 148 g/mol. The molecule has 65 valence electrons. The predicted octanol–water partition coefficient (Wildman–Crippen LogP) is 2.46. The molecule has 0 spiro atoms. The van der Waals surface area contributed by atoms with E-state index in [1.54, 1.807) is 0 Å². The Morgan fingerprint density at radius 2 is 2.25 bits per heavy atom. The number of benzene rings is 1. The largest absolute Gasteiger partial charge is 0.381 e. The second-order valence-corrected chi connectivity index (χ2v) is 2.75. The summed E-state index contributed by atoms with van der Waals surface area (Å²) in [5, 5.41) is 0. The fraction of sp³-hybridized carbons (Fsp3) is 0.455. The Morgan fingerprint density at radius 1 is 1.33 bits per heavy atom. The van der Waals surface area contributed by atoms with Gasteiger partial charge in [0.05, 0.1) is 6.61 Å². The highest BCUT2D eigenvalue weighted by Gasteiger charge is 1.90. The van der Waals surface area contributed by atoms with E-state index in [0.717, 1.165) is 26.1 Å². The van der Waals surface area contributed by atoms with E-state index in [1.807, 2.05) is 18.2 Å². The first-order valence-corrected chi connectivity index (χ1v) is 4.47. The normalized spacial score (nSPS) is 10.1. The molecule has 0 bridgehead atoms. The molecule has 0 aromatic heterocycles. The minimum atomic E-state index is 0.814. The summed E-state index contributed by atoms with van der Waals surface area (Å²) >= 11 is 0. The van der Waals surface area contributed by atoms with Crippen LogP contribution in [0.1, 0.15) is 18.9 Å². The zero-order valence-corrected chi connectivity index (χ0v) is 7.55. The van der Waals surface area contributed by atoms with Crippen molar-refractivity contribution in [1.29, 1.82) is 0 Å². The van der Waals surface area contributed by atoms with E-state index in [-0.39, 0.29) is 0 Å². The maximum absolute atomic E-state index is 5.37. The van der Waals surface area contributed by atoms with Gasteiger partial charge in [-0.25, -0.2) is 0 Å². The Morgan fingerprint density at radius 3 is 2.92 bits per heavy atom. The smallest absolute Gasteiger partial charge is 0.0506 e. The molecule has 1 nitrogen and oxygen atoms in total. The number of ether oxygens (including phenoxy) is 1. The summed E-state index contributed by atoms with van der Waals surface area (Å²) in [5.74, 6) is 0. The van der Waals surface area contributed by atoms with Gasteiger partial charge in [0, 0.05) is 6.61 Å². The van der Waals surface area contributed by atoms with Gasteiger partial charge in [0.15, 0.2) is 0 Å². The van der Waals surface area contributed by atoms with Crippen molar-refractivity contribution in [2.24, 2.45) is 0 Å². The van der Waals surface area contributed by atoms with Crippen LogP contribution in [-0.4, -0.2) is 13.2 Å². The number of rotatable bonds is 5. The molecule has 0 unspecified atom stereocenters. The third kappa shape index (κ3) is 3.54. The SMILES string of the molecule is CCCOCCc1[c]cccc1. The van der Waals surface area contributed by atoms with Crippen LogP contribution in [0.15, 0.2) is 24.3 Å². The van der Waals surface area contributed by atoms with Gasteiger partial charge in [-0.3, -0.25) is 0 Å². The molecular formula is C11H15O. The molecule has 0 N–H and O–H groups in total. The van der Waals surface area contributed by atoms with Crippen molar-refractivity contribution in [1.82, 2.24) is 0 Å². The van der Waals surface area contributed by atoms with Crippen molar-refractivity contribution in [2.45, 2.75) is 19.8 Å². The molecule has 0 saturated carbocycles. The van der Waals surface area contributed by atoms with Gasteiger partial charge in [-0.2, -0.15) is 0 Å². The summed E-state index contributed by atoms with van der Waals surface area (Å²) in [4.78, 5) is 0. The molecule has 0 aliphatic heterocycles. The predicted molar refractivity (Wildman–Crippen MR) is 50.1 cm³/mol. The monoisotopic (exact) mass is 163 g/mol. The van der Waals surface area contributed by atoms with Crippen LogP contribution in [-0.2, 0) is 11.2 Å². The van der Waals surface area contributed by atoms with Gasteiger partial charge in [-0.1, -0.05) is 31.2 Å². The minimum Gasteiger partial charge on any atom is -0.381 e. The zero-order valence-electron chi connectivity index (χ0n) is 7.55. The molecule has 0 atom stereocenters. The molecule has 0 saturated heterocycles. The average molecular weight is 163 g/mol. The van der Waals surface area contributed by atoms with Crippen LogP contribution < -0.4 is 0 Å². The topological polar surface area (TPSA) is 9.23 Å². The van der Waals surface area contributed by atoms with Gasteiger partial charge in [0.2, 0.25) is 0 Å². The fourth-order valence-electron chi connectivity index (χ4n) is 1.01. The summed E-state index contributed by atoms with van der Waals surface area (Å²) in [7, 11) is 0. The Hall–Kier alpha value is -0.820. The molecule has 0 amide bonds. The average Bonchev–Trinajstić information content (AvgIpc) is 2.14. The zero-order chi connectivity index (χ0) is 8.65. The summed E-state index contributed by atoms with van der Waals surface area (Å²) in [6.45, 7) is 3.80. The number of hydrogen-bond donors (Lipinski definition) is 0. The quantitative estimate of drug-likeness (QED) is 0.606. The highest BCUT2D eigenvalue weighted by molar-refractivity contribution is 5.12. The van der Waals surface area contributed by atoms with E-state index in [0.29, 0.717) is 0 Å². The van der Waals surface area contributed by atoms with E-state index in [4.69, 9.17) is 4.74 Å². The highest BCUT2D eigenvalue weighted by atomic mass is 16.5. The third-order valence-corrected chi connectivity index (χ3v) is 1.64. The molecule has 0 heterocycles. The lowest BCUT2D eigenvalue weighted by Gasteiger charge is -2.01. The lowest BCUT2D eigenvalue weighted by atomic mass is 10.2. The molecule has 0 aliphatic rings. The van der Waals surface area contributed by atoms with Crippen molar-refractivity contribution >= 4 is 0 Å². The summed E-state index contributed by atoms with van der Waals surface area (Å²) in [6, 6.07) is 11.2. The first-order chi connectivity index (χ1) is 5.93. The second kappa shape index (κ2) is 5.78. The van der Waals surface area contributed by atoms with Gasteiger partial charge in [-0.15, -0.1) is 0 Å². The van der Waals surface area contributed by atoms with Crippen LogP contribution >= 0.6 is 0 Å². The van der Waals surface area contributed by atoms with Crippen LogP contribution in [0.3, 0.4) is 0 Å². The molecule has 1 aromatic rings. The first-order valence-electron chi connectivity index (χ1n) is 4.47. The molecule has 0 fully saturated rings. The third-order valence-electron chi connectivity index (χ3n) is 1.64. The van der Waals surface area contributed by atoms with Crippen molar-refractivity contribution in [3.05, 3.63) is 35.9 Å². The maximum Gasteiger partial charge on any atom is 0.0506 e. The molecule has 12 heavy (non-hydrogen) atoms. The van der Waals surface area contributed by atoms with E-state index in [9.17, 15) is 0 Å². The Kier molecular flexibility index (Phi) is 4.47. The molecule has 1 rings (SSSR count). The van der Waals surface area contributed by atoms with Crippen molar-refractivity contribution < 1.29 is 4.74 Å². The van der Waals surface area contributed by atoms with Crippen LogP contribution in [0.5, 0.6) is 0 Å². The lowest BCUT2D eigenvalue weighted by Crippen LogP contribution is -1.99. The summed E-state index contributed by atoms with van der Waals surface area (Å²) in [5.41, 5.74) is 1.23. The minimum absolute atomic E-state index is 0.814. The van der Waals surface area contributed by atoms with Gasteiger partial charge >= 0.3 is 0 Å². The Labute approximate surface area is 74.4 Å². The Balaban J connectivity index is 2.16. The van der Waals surface area contributed by atoms with Crippen molar-refractivity contribution in [3.8, 4) is 0 Å². The van der Waals surface area contributed by atoms with E-state index in [2.05, 4.69) is 19.1 Å². The van der Waals surface area contributed by atoms with Crippen molar-refractivity contribution in [2.75, 3.05) is 13.2 Å². The van der Waals surface area contributed by atoms with Gasteiger partial charge in [0.25, 0.3) is 0 Å². The Bertz CT molecular complexity index is 193. The highest BCUT2D eigenvalue weighted by Crippen LogP contribution is 1.98. The van der Waals surface area contributed by atoms with Crippen molar-refractivity contribution in [3.63, 3.8) is 0 Å². The second-order valence-electron chi connectivity index (χ2n) is 2.75. The van der Waals surface area contributed by atoms with Gasteiger partial charge < -0.3 is 4.74 Å².